The highest BCUT2D eigenvalue weighted by molar-refractivity contribution is 6.23. The van der Waals surface area contributed by atoms with Crippen LogP contribution in [0.3, 0.4) is 0 Å². The maximum Gasteiger partial charge on any atom is 0.0541 e. The smallest absolute Gasteiger partial charge is 0.0541 e. The Morgan fingerprint density at radius 2 is 0.887 bits per heavy atom. The van der Waals surface area contributed by atoms with Crippen LogP contribution in [0.15, 0.2) is 224 Å². The molecular formula is C69H48N2. The van der Waals surface area contributed by atoms with Gasteiger partial charge in [-0.2, -0.15) is 0 Å². The highest BCUT2D eigenvalue weighted by atomic mass is 15.0. The van der Waals surface area contributed by atoms with Crippen LogP contribution in [0.4, 0.5) is 0 Å². The van der Waals surface area contributed by atoms with Crippen molar-refractivity contribution < 1.29 is 0 Å². The highest BCUT2D eigenvalue weighted by Crippen LogP contribution is 2.53. The van der Waals surface area contributed by atoms with Crippen molar-refractivity contribution >= 4 is 71.1 Å². The second-order valence-corrected chi connectivity index (χ2v) is 20.3. The Morgan fingerprint density at radius 3 is 1.56 bits per heavy atom. The van der Waals surface area contributed by atoms with Gasteiger partial charge in [0.1, 0.15) is 0 Å². The van der Waals surface area contributed by atoms with E-state index in [-0.39, 0.29) is 5.41 Å². The number of nitrogens with zero attached hydrogens (tertiary/aromatic N) is 2. The number of para-hydroxylation sites is 3. The highest BCUT2D eigenvalue weighted by Gasteiger charge is 2.36. The van der Waals surface area contributed by atoms with E-state index in [1.54, 1.807) is 0 Å². The predicted octanol–water partition coefficient (Wildman–Crippen LogP) is 18.5. The minimum absolute atomic E-state index is 0.216. The van der Waals surface area contributed by atoms with Crippen molar-refractivity contribution in [2.45, 2.75) is 32.1 Å². The summed E-state index contributed by atoms with van der Waals surface area (Å²) in [6, 6.07) is 82.4. The van der Waals surface area contributed by atoms with Gasteiger partial charge < -0.3 is 9.13 Å². The van der Waals surface area contributed by atoms with E-state index in [0.29, 0.717) is 0 Å². The number of benzene rings is 11. The second kappa shape index (κ2) is 15.1. The maximum atomic E-state index is 2.55. The van der Waals surface area contributed by atoms with E-state index in [9.17, 15) is 0 Å². The van der Waals surface area contributed by atoms with Crippen molar-refractivity contribution in [3.63, 3.8) is 0 Å². The van der Waals surface area contributed by atoms with Gasteiger partial charge in [-0.1, -0.05) is 184 Å². The van der Waals surface area contributed by atoms with Gasteiger partial charge in [-0.3, -0.25) is 0 Å². The molecule has 0 N–H and O–H groups in total. The maximum absolute atomic E-state index is 2.55. The Labute approximate surface area is 413 Å². The van der Waals surface area contributed by atoms with Crippen molar-refractivity contribution in [3.05, 3.63) is 247 Å². The van der Waals surface area contributed by atoms with Crippen molar-refractivity contribution in [2.75, 3.05) is 0 Å². The first-order valence-corrected chi connectivity index (χ1v) is 25.1. The monoisotopic (exact) mass is 904 g/mol. The molecule has 0 saturated heterocycles. The van der Waals surface area contributed by atoms with Crippen LogP contribution in [0, 0.1) is 0 Å². The lowest BCUT2D eigenvalue weighted by Crippen LogP contribution is -2.15. The van der Waals surface area contributed by atoms with Crippen LogP contribution < -0.4 is 0 Å². The van der Waals surface area contributed by atoms with Crippen molar-refractivity contribution in [1.29, 1.82) is 0 Å². The average molecular weight is 905 g/mol. The molecule has 0 atom stereocenters. The van der Waals surface area contributed by atoms with E-state index in [1.165, 1.54) is 138 Å². The molecule has 0 radical (unpaired) electrons. The summed E-state index contributed by atoms with van der Waals surface area (Å²) in [5.41, 5.74) is 21.4. The second-order valence-electron chi connectivity index (χ2n) is 20.3. The Hall–Kier alpha value is -8.72. The number of allylic oxidation sites excluding steroid dienone is 1. The number of hydrogen-bond donors (Lipinski definition) is 0. The van der Waals surface area contributed by atoms with E-state index in [0.717, 1.165) is 18.5 Å². The molecule has 0 bridgehead atoms. The average Bonchev–Trinajstić information content (AvgIpc) is 4.02. The molecule has 0 saturated carbocycles. The molecule has 0 fully saturated rings. The Kier molecular flexibility index (Phi) is 8.57. The summed E-state index contributed by atoms with van der Waals surface area (Å²) >= 11 is 0. The van der Waals surface area contributed by atoms with Crippen LogP contribution in [0.25, 0.3) is 127 Å². The molecule has 0 aliphatic heterocycles. The summed E-state index contributed by atoms with van der Waals surface area (Å²) in [6.45, 7) is 4.83. The lowest BCUT2D eigenvalue weighted by Gasteiger charge is -2.24. The molecule has 2 heterocycles. The molecule has 15 rings (SSSR count). The first kappa shape index (κ1) is 40.2. The van der Waals surface area contributed by atoms with E-state index in [1.807, 2.05) is 0 Å². The number of aromatic nitrogens is 2. The zero-order valence-electron chi connectivity index (χ0n) is 39.7. The van der Waals surface area contributed by atoms with E-state index in [4.69, 9.17) is 0 Å². The van der Waals surface area contributed by atoms with E-state index < -0.39 is 0 Å². The first-order chi connectivity index (χ1) is 35.0. The standard InChI is InChI=1S/C69H48N2/c1-69(2)61-39-46(43-16-4-3-5-17-43)30-34-51(61)52-35-31-48(40-62(52)69)68-58-37-33-49(70-63-24-12-8-20-53(63)54-21-9-13-25-64(54)70)41-59(58)67(47-29-28-44-18-6-7-19-45(44)38-47)57-36-32-50(42-60(57)68)71-65-26-14-10-22-55(65)56-23-11-15-27-66(56)71/h3-12,14-24,26-42H,13,25H2,1-2H3. The van der Waals surface area contributed by atoms with Crippen LogP contribution in [0.1, 0.15) is 42.7 Å². The molecule has 0 spiro atoms. The van der Waals surface area contributed by atoms with Crippen LogP contribution in [0.2, 0.25) is 0 Å². The summed E-state index contributed by atoms with van der Waals surface area (Å²) in [5.74, 6) is 0. The molecule has 0 unspecified atom stereocenters. The van der Waals surface area contributed by atoms with Crippen LogP contribution >= 0.6 is 0 Å². The third-order valence-electron chi connectivity index (χ3n) is 16.1. The van der Waals surface area contributed by atoms with Crippen LogP contribution in [-0.4, -0.2) is 9.13 Å². The molecule has 2 aliphatic carbocycles. The largest absolute Gasteiger partial charge is 0.313 e. The lowest BCUT2D eigenvalue weighted by atomic mass is 9.80. The van der Waals surface area contributed by atoms with Crippen molar-refractivity contribution in [1.82, 2.24) is 9.13 Å². The van der Waals surface area contributed by atoms with Gasteiger partial charge in [0, 0.05) is 44.2 Å². The predicted molar refractivity (Wildman–Crippen MR) is 301 cm³/mol. The van der Waals surface area contributed by atoms with E-state index in [2.05, 4.69) is 254 Å². The molecule has 71 heavy (non-hydrogen) atoms. The minimum atomic E-state index is -0.216. The molecule has 2 aromatic heterocycles. The number of fused-ring (bicyclic) bond motifs is 12. The molecular weight excluding hydrogens is 857 g/mol. The van der Waals surface area contributed by atoms with Gasteiger partial charge >= 0.3 is 0 Å². The fourth-order valence-corrected chi connectivity index (χ4v) is 12.8. The fraction of sp³-hybridized carbons (Fsp3) is 0.0725. The zero-order chi connectivity index (χ0) is 47.0. The fourth-order valence-electron chi connectivity index (χ4n) is 12.8. The quantitative estimate of drug-likeness (QED) is 0.152. The van der Waals surface area contributed by atoms with Crippen molar-refractivity contribution in [3.8, 4) is 55.9 Å². The normalized spacial score (nSPS) is 13.7. The topological polar surface area (TPSA) is 9.86 Å². The Morgan fingerprint density at radius 1 is 0.366 bits per heavy atom. The summed E-state index contributed by atoms with van der Waals surface area (Å²) in [4.78, 5) is 0. The van der Waals surface area contributed by atoms with Crippen molar-refractivity contribution in [2.24, 2.45) is 0 Å². The molecule has 13 aromatic rings. The Bertz CT molecular complexity index is 4370. The molecule has 2 heteroatoms. The molecule has 0 amide bonds. The first-order valence-electron chi connectivity index (χ1n) is 25.1. The van der Waals surface area contributed by atoms with Gasteiger partial charge in [-0.15, -0.1) is 0 Å². The molecule has 11 aromatic carbocycles. The molecule has 334 valence electrons. The van der Waals surface area contributed by atoms with Gasteiger partial charge in [0.15, 0.2) is 0 Å². The molecule has 2 aliphatic rings. The van der Waals surface area contributed by atoms with Gasteiger partial charge in [0.05, 0.1) is 16.6 Å². The Balaban J connectivity index is 1.05. The summed E-state index contributed by atoms with van der Waals surface area (Å²) in [6.07, 6.45) is 6.72. The van der Waals surface area contributed by atoms with Crippen LogP contribution in [-0.2, 0) is 11.8 Å². The van der Waals surface area contributed by atoms with Gasteiger partial charge in [0.25, 0.3) is 0 Å². The summed E-state index contributed by atoms with van der Waals surface area (Å²) in [7, 11) is 0. The van der Waals surface area contributed by atoms with E-state index >= 15 is 0 Å². The summed E-state index contributed by atoms with van der Waals surface area (Å²) in [5, 5.41) is 11.3. The van der Waals surface area contributed by atoms with Crippen LogP contribution in [0.5, 0.6) is 0 Å². The van der Waals surface area contributed by atoms with Gasteiger partial charge in [-0.25, -0.2) is 0 Å². The molecule has 2 nitrogen and oxygen atoms in total. The third kappa shape index (κ3) is 5.89. The lowest BCUT2D eigenvalue weighted by molar-refractivity contribution is 0.661. The number of rotatable bonds is 5. The van der Waals surface area contributed by atoms with Gasteiger partial charge in [0.2, 0.25) is 0 Å². The minimum Gasteiger partial charge on any atom is -0.313 e. The summed E-state index contributed by atoms with van der Waals surface area (Å²) < 4.78 is 5.02. The SMILES string of the molecule is CC1(C)c2cc(-c3ccccc3)ccc2-c2ccc(-c3c4ccc(-n5c6c(c7ccccc75)C=CCC6)cc4c(-c4ccc5ccccc5c4)c4ccc(-n5c6ccccc6c6ccccc65)cc34)cc21. The number of hydrogen-bond acceptors (Lipinski definition) is 0. The van der Waals surface area contributed by atoms with Gasteiger partial charge in [-0.05, 0) is 161 Å². The third-order valence-corrected chi connectivity index (χ3v) is 16.1. The zero-order valence-corrected chi connectivity index (χ0v) is 39.7.